The van der Waals surface area contributed by atoms with Crippen LogP contribution in [0.15, 0.2) is 24.3 Å². The van der Waals surface area contributed by atoms with Crippen molar-refractivity contribution in [2.75, 3.05) is 6.54 Å². The highest BCUT2D eigenvalue weighted by atomic mass is 35.5. The van der Waals surface area contributed by atoms with Crippen LogP contribution < -0.4 is 5.32 Å². The Bertz CT molecular complexity index is 294. The van der Waals surface area contributed by atoms with Gasteiger partial charge in [0.05, 0.1) is 0 Å². The van der Waals surface area contributed by atoms with Crippen LogP contribution in [0.4, 0.5) is 0 Å². The van der Waals surface area contributed by atoms with Crippen LogP contribution in [0.25, 0.3) is 0 Å². The van der Waals surface area contributed by atoms with Crippen molar-refractivity contribution in [1.29, 1.82) is 0 Å². The van der Waals surface area contributed by atoms with E-state index in [0.717, 1.165) is 5.92 Å². The summed E-state index contributed by atoms with van der Waals surface area (Å²) in [6.07, 6.45) is 2.53. The van der Waals surface area contributed by atoms with Crippen LogP contribution in [0.3, 0.4) is 0 Å². The van der Waals surface area contributed by atoms with Gasteiger partial charge in [-0.05, 0) is 31.9 Å². The van der Waals surface area contributed by atoms with Crippen LogP contribution in [0.2, 0.25) is 0 Å². The number of hydrogen-bond donors (Lipinski definition) is 1. The van der Waals surface area contributed by atoms with Gasteiger partial charge in [0.2, 0.25) is 0 Å². The molecule has 1 nitrogen and oxygen atoms in total. The van der Waals surface area contributed by atoms with Gasteiger partial charge in [-0.2, -0.15) is 0 Å². The zero-order valence-corrected chi connectivity index (χ0v) is 10.3. The van der Waals surface area contributed by atoms with E-state index in [4.69, 9.17) is 0 Å². The quantitative estimate of drug-likeness (QED) is 0.815. The third-order valence-electron chi connectivity index (χ3n) is 3.29. The van der Waals surface area contributed by atoms with Crippen molar-refractivity contribution in [3.63, 3.8) is 0 Å². The van der Waals surface area contributed by atoms with Crippen molar-refractivity contribution in [1.82, 2.24) is 5.32 Å². The van der Waals surface area contributed by atoms with Crippen LogP contribution in [0.1, 0.15) is 36.8 Å². The van der Waals surface area contributed by atoms with Crippen LogP contribution in [0, 0.1) is 6.92 Å². The van der Waals surface area contributed by atoms with Crippen molar-refractivity contribution in [2.24, 2.45) is 0 Å². The smallest absolute Gasteiger partial charge is 0.0134 e. The minimum absolute atomic E-state index is 0. The standard InChI is InChI=1S/C13H19N.ClH/c1-3-13-12(8-9-14-13)11-6-4-10(2)5-7-11;/h4-7,12-14H,3,8-9H2,1-2H3;1H. The number of aryl methyl sites for hydroxylation is 1. The number of hydrogen-bond acceptors (Lipinski definition) is 1. The lowest BCUT2D eigenvalue weighted by atomic mass is 9.90. The van der Waals surface area contributed by atoms with Crippen LogP contribution in [-0.4, -0.2) is 12.6 Å². The first-order chi connectivity index (χ1) is 6.81. The number of halogens is 1. The third kappa shape index (κ3) is 2.73. The summed E-state index contributed by atoms with van der Waals surface area (Å²) in [5, 5.41) is 3.57. The van der Waals surface area contributed by atoms with Crippen LogP contribution >= 0.6 is 12.4 Å². The molecule has 2 rings (SSSR count). The Morgan fingerprint density at radius 1 is 1.27 bits per heavy atom. The van der Waals surface area contributed by atoms with Gasteiger partial charge < -0.3 is 5.32 Å². The second kappa shape index (κ2) is 5.53. The molecule has 1 heterocycles. The van der Waals surface area contributed by atoms with E-state index in [1.165, 1.54) is 30.5 Å². The average molecular weight is 226 g/mol. The first kappa shape index (κ1) is 12.5. The SMILES string of the molecule is CCC1NCCC1c1ccc(C)cc1.Cl. The highest BCUT2D eigenvalue weighted by Gasteiger charge is 2.26. The van der Waals surface area contributed by atoms with Crippen molar-refractivity contribution in [3.8, 4) is 0 Å². The van der Waals surface area contributed by atoms with Gasteiger partial charge in [0.25, 0.3) is 0 Å². The fourth-order valence-electron chi connectivity index (χ4n) is 2.41. The Labute approximate surface area is 98.7 Å². The highest BCUT2D eigenvalue weighted by Crippen LogP contribution is 2.29. The average Bonchev–Trinajstić information content (AvgIpc) is 2.67. The zero-order valence-electron chi connectivity index (χ0n) is 9.49. The lowest BCUT2D eigenvalue weighted by molar-refractivity contribution is 0.531. The molecule has 1 fully saturated rings. The largest absolute Gasteiger partial charge is 0.313 e. The summed E-state index contributed by atoms with van der Waals surface area (Å²) in [7, 11) is 0. The first-order valence-corrected chi connectivity index (χ1v) is 5.61. The molecule has 15 heavy (non-hydrogen) atoms. The predicted octanol–water partition coefficient (Wildman–Crippen LogP) is 3.27. The molecule has 0 aliphatic carbocycles. The van der Waals surface area contributed by atoms with E-state index in [1.807, 2.05) is 0 Å². The van der Waals surface area contributed by atoms with Crippen molar-refractivity contribution < 1.29 is 0 Å². The maximum Gasteiger partial charge on any atom is 0.0134 e. The lowest BCUT2D eigenvalue weighted by Gasteiger charge is -2.18. The fraction of sp³-hybridized carbons (Fsp3) is 0.538. The van der Waals surface area contributed by atoms with Gasteiger partial charge in [0, 0.05) is 12.0 Å². The second-order valence-electron chi connectivity index (χ2n) is 4.27. The molecule has 1 aliphatic heterocycles. The fourth-order valence-corrected chi connectivity index (χ4v) is 2.41. The molecule has 0 bridgehead atoms. The van der Waals surface area contributed by atoms with Crippen molar-refractivity contribution in [2.45, 2.75) is 38.6 Å². The van der Waals surface area contributed by atoms with E-state index in [0.29, 0.717) is 6.04 Å². The van der Waals surface area contributed by atoms with E-state index in [1.54, 1.807) is 0 Å². The maximum absolute atomic E-state index is 3.57. The first-order valence-electron chi connectivity index (χ1n) is 5.61. The second-order valence-corrected chi connectivity index (χ2v) is 4.27. The normalized spacial score (nSPS) is 24.9. The minimum atomic E-state index is 0. The Hall–Kier alpha value is -0.530. The molecule has 1 aromatic rings. The van der Waals surface area contributed by atoms with Gasteiger partial charge >= 0.3 is 0 Å². The molecule has 1 N–H and O–H groups in total. The Morgan fingerprint density at radius 2 is 1.93 bits per heavy atom. The number of benzene rings is 1. The number of rotatable bonds is 2. The van der Waals surface area contributed by atoms with Gasteiger partial charge in [-0.3, -0.25) is 0 Å². The molecule has 84 valence electrons. The monoisotopic (exact) mass is 225 g/mol. The zero-order chi connectivity index (χ0) is 9.97. The van der Waals surface area contributed by atoms with Crippen molar-refractivity contribution >= 4 is 12.4 Å². The van der Waals surface area contributed by atoms with Gasteiger partial charge in [-0.1, -0.05) is 36.8 Å². The minimum Gasteiger partial charge on any atom is -0.313 e. The molecule has 1 saturated heterocycles. The summed E-state index contributed by atoms with van der Waals surface area (Å²) in [5.74, 6) is 0.737. The molecule has 0 radical (unpaired) electrons. The molecule has 2 atom stereocenters. The van der Waals surface area contributed by atoms with E-state index >= 15 is 0 Å². The molecular formula is C13H20ClN. The van der Waals surface area contributed by atoms with Gasteiger partial charge in [0.1, 0.15) is 0 Å². The molecule has 1 aromatic carbocycles. The third-order valence-corrected chi connectivity index (χ3v) is 3.29. The summed E-state index contributed by atoms with van der Waals surface area (Å²) >= 11 is 0. The van der Waals surface area contributed by atoms with Crippen LogP contribution in [-0.2, 0) is 0 Å². The summed E-state index contributed by atoms with van der Waals surface area (Å²) in [4.78, 5) is 0. The topological polar surface area (TPSA) is 12.0 Å². The summed E-state index contributed by atoms with van der Waals surface area (Å²) < 4.78 is 0. The molecule has 0 aromatic heterocycles. The van der Waals surface area contributed by atoms with E-state index in [9.17, 15) is 0 Å². The predicted molar refractivity (Wildman–Crippen MR) is 67.9 cm³/mol. The van der Waals surface area contributed by atoms with Gasteiger partial charge in [0.15, 0.2) is 0 Å². The Kier molecular flexibility index (Phi) is 4.62. The number of nitrogens with one attached hydrogen (secondary N) is 1. The molecule has 2 heteroatoms. The molecule has 1 aliphatic rings. The molecule has 0 spiro atoms. The molecular weight excluding hydrogens is 206 g/mol. The molecule has 2 unspecified atom stereocenters. The summed E-state index contributed by atoms with van der Waals surface area (Å²) in [5.41, 5.74) is 2.86. The summed E-state index contributed by atoms with van der Waals surface area (Å²) in [6, 6.07) is 9.71. The molecule has 0 saturated carbocycles. The molecule has 0 amide bonds. The van der Waals surface area contributed by atoms with Gasteiger partial charge in [-0.15, -0.1) is 12.4 Å². The van der Waals surface area contributed by atoms with Gasteiger partial charge in [-0.25, -0.2) is 0 Å². The van der Waals surface area contributed by atoms with Crippen molar-refractivity contribution in [3.05, 3.63) is 35.4 Å². The Balaban J connectivity index is 0.00000112. The highest BCUT2D eigenvalue weighted by molar-refractivity contribution is 5.85. The van der Waals surface area contributed by atoms with E-state index in [2.05, 4.69) is 43.4 Å². The lowest BCUT2D eigenvalue weighted by Crippen LogP contribution is -2.24. The van der Waals surface area contributed by atoms with E-state index < -0.39 is 0 Å². The maximum atomic E-state index is 3.57. The Morgan fingerprint density at radius 3 is 2.53 bits per heavy atom. The summed E-state index contributed by atoms with van der Waals surface area (Å²) in [6.45, 7) is 5.59. The van der Waals surface area contributed by atoms with Crippen LogP contribution in [0.5, 0.6) is 0 Å². The van der Waals surface area contributed by atoms with E-state index in [-0.39, 0.29) is 12.4 Å².